The van der Waals surface area contributed by atoms with Gasteiger partial charge in [-0.2, -0.15) is 0 Å². The Morgan fingerprint density at radius 2 is 0.800 bits per heavy atom. The standard InChI is InChI=1S/C6I8S/c7-1-2(8)4(10)6(15(12,13)14)5(11)3(1)9. The summed E-state index contributed by atoms with van der Waals surface area (Å²) in [4.78, 5) is 1.53. The fourth-order valence-corrected chi connectivity index (χ4v) is 20.1. The molecule has 0 saturated carbocycles. The zero-order valence-corrected chi connectivity index (χ0v) is 24.5. The lowest BCUT2D eigenvalue weighted by Gasteiger charge is -2.23. The Kier molecular flexibility index (Phi) is 9.36. The largest absolute Gasteiger partial charge is 0.0482 e. The van der Waals surface area contributed by atoms with Crippen LogP contribution >= 0.6 is 178 Å². The van der Waals surface area contributed by atoms with E-state index in [2.05, 4.69) is 177 Å². The van der Waals surface area contributed by atoms with Crippen LogP contribution < -0.4 is 0 Å². The van der Waals surface area contributed by atoms with Gasteiger partial charge in [0.15, 0.2) is 0 Å². The normalized spacial score (nSPS) is 13.1. The van der Waals surface area contributed by atoms with E-state index in [1.165, 1.54) is 22.7 Å². The van der Waals surface area contributed by atoms with Crippen LogP contribution in [0.15, 0.2) is 4.90 Å². The van der Waals surface area contributed by atoms with Gasteiger partial charge in [0.05, 0.1) is 0 Å². The molecule has 0 aliphatic heterocycles. The number of rotatable bonds is 1. The summed E-state index contributed by atoms with van der Waals surface area (Å²) in [5.74, 6) is 0. The van der Waals surface area contributed by atoms with Gasteiger partial charge in [-0.1, -0.05) is 0 Å². The van der Waals surface area contributed by atoms with Gasteiger partial charge in [0, 0.05) is 86.4 Å². The van der Waals surface area contributed by atoms with Gasteiger partial charge in [0.1, 0.15) is 0 Å². The van der Waals surface area contributed by atoms with Gasteiger partial charge in [0.2, 0.25) is 0 Å². The second-order valence-corrected chi connectivity index (χ2v) is 36.0. The minimum Gasteiger partial charge on any atom is -0.0482 e. The first kappa shape index (κ1) is 18.5. The summed E-state index contributed by atoms with van der Waals surface area (Å²) in [7, 11) is 0. The molecule has 0 aromatic heterocycles. The predicted molar refractivity (Wildman–Crippen MR) is 138 cm³/mol. The maximum atomic E-state index is 2.58. The molecule has 0 aliphatic carbocycles. The lowest BCUT2D eigenvalue weighted by molar-refractivity contribution is 1.27. The highest BCUT2D eigenvalue weighted by Crippen LogP contribution is 2.78. The van der Waals surface area contributed by atoms with Crippen molar-refractivity contribution in [3.63, 3.8) is 0 Å². The molecule has 1 rings (SSSR count). The van der Waals surface area contributed by atoms with Gasteiger partial charge in [-0.15, -0.1) is 0 Å². The Bertz CT molecular complexity index is 380. The van der Waals surface area contributed by atoms with Crippen LogP contribution in [-0.4, -0.2) is 0 Å². The summed E-state index contributed by atoms with van der Waals surface area (Å²) in [6.07, 6.45) is 0. The summed E-state index contributed by atoms with van der Waals surface area (Å²) in [6, 6.07) is 0. The molecule has 9 heteroatoms. The van der Waals surface area contributed by atoms with E-state index in [0.717, 1.165) is 0 Å². The first-order valence-corrected chi connectivity index (χ1v) is 17.8. The smallest absolute Gasteiger partial charge is 0.0457 e. The summed E-state index contributed by atoms with van der Waals surface area (Å²) >= 11 is 20.1. The topological polar surface area (TPSA) is 0 Å². The highest BCUT2D eigenvalue weighted by molar-refractivity contribution is 14.5. The van der Waals surface area contributed by atoms with E-state index in [1.54, 1.807) is 0 Å². The number of hydrogen-bond donors (Lipinski definition) is 0. The number of hydrogen-bond acceptors (Lipinski definition) is 0. The molecule has 15 heavy (non-hydrogen) atoms. The first-order valence-electron chi connectivity index (χ1n) is 3.11. The fraction of sp³-hybridized carbons (Fsp3) is 0. The van der Waals surface area contributed by atoms with Crippen molar-refractivity contribution in [3.8, 4) is 0 Å². The molecule has 0 radical (unpaired) electrons. The van der Waals surface area contributed by atoms with Crippen molar-refractivity contribution in [3.05, 3.63) is 17.9 Å². The highest BCUT2D eigenvalue weighted by atomic mass is 127. The van der Waals surface area contributed by atoms with Crippen molar-refractivity contribution in [2.45, 2.75) is 4.90 Å². The minimum atomic E-state index is -0.744. The molecule has 0 heterocycles. The second-order valence-electron chi connectivity index (χ2n) is 2.31. The Labute approximate surface area is 195 Å². The molecule has 0 amide bonds. The van der Waals surface area contributed by atoms with Gasteiger partial charge >= 0.3 is 0 Å². The van der Waals surface area contributed by atoms with Gasteiger partial charge < -0.3 is 0 Å². The SMILES string of the molecule is Ic1c(I)c(I)c(S(I)(I)I)c(I)c1I. The van der Waals surface area contributed by atoms with E-state index in [-0.39, 0.29) is 0 Å². The van der Waals surface area contributed by atoms with Crippen LogP contribution in [0.25, 0.3) is 0 Å². The van der Waals surface area contributed by atoms with Crippen LogP contribution in [-0.2, 0) is 0 Å². The van der Waals surface area contributed by atoms with E-state index in [9.17, 15) is 0 Å². The van der Waals surface area contributed by atoms with E-state index in [0.29, 0.717) is 0 Å². The first-order chi connectivity index (χ1) is 6.68. The molecule has 0 nitrogen and oxygen atoms in total. The molecule has 0 spiro atoms. The maximum Gasteiger partial charge on any atom is 0.0457 e. The third-order valence-corrected chi connectivity index (χ3v) is 16.5. The number of benzene rings is 1. The second kappa shape index (κ2) is 7.61. The van der Waals surface area contributed by atoms with Crippen LogP contribution in [0, 0.1) is 17.9 Å². The van der Waals surface area contributed by atoms with Gasteiger partial charge in [0.25, 0.3) is 0 Å². The maximum absolute atomic E-state index is 2.58. The molecule has 0 aliphatic rings. The van der Waals surface area contributed by atoms with Crippen molar-refractivity contribution in [1.29, 1.82) is 0 Å². The molecule has 0 atom stereocenters. The van der Waals surface area contributed by atoms with Crippen LogP contribution in [0.3, 0.4) is 0 Å². The Balaban J connectivity index is 3.68. The molecular formula is C6I8S. The molecule has 1 aromatic rings. The van der Waals surface area contributed by atoms with Crippen LogP contribution in [0.4, 0.5) is 0 Å². The quantitative estimate of drug-likeness (QED) is 0.153. The summed E-state index contributed by atoms with van der Waals surface area (Å²) in [5, 5.41) is 0. The summed E-state index contributed by atoms with van der Waals surface area (Å²) < 4.78 is 6.29. The Morgan fingerprint density at radius 3 is 1.07 bits per heavy atom. The molecule has 0 bridgehead atoms. The average molecular weight is 1120 g/mol. The highest BCUT2D eigenvalue weighted by Gasteiger charge is 2.26. The Hall–Kier alpha value is 5.41. The molecule has 1 aromatic carbocycles. The van der Waals surface area contributed by atoms with E-state index < -0.39 is 1.54 Å². The van der Waals surface area contributed by atoms with Crippen LogP contribution in [0.1, 0.15) is 0 Å². The van der Waals surface area contributed by atoms with E-state index in [4.69, 9.17) is 0 Å². The molecule has 86 valence electrons. The van der Waals surface area contributed by atoms with Crippen molar-refractivity contribution in [2.24, 2.45) is 0 Å². The van der Waals surface area contributed by atoms with Crippen LogP contribution in [0.2, 0.25) is 0 Å². The van der Waals surface area contributed by atoms with E-state index in [1.807, 2.05) is 0 Å². The molecule has 0 N–H and O–H groups in total. The van der Waals surface area contributed by atoms with Crippen molar-refractivity contribution < 1.29 is 0 Å². The van der Waals surface area contributed by atoms with Gasteiger partial charge in [-0.3, -0.25) is 0 Å². The van der Waals surface area contributed by atoms with Crippen molar-refractivity contribution >= 4 is 178 Å². The molecule has 0 unspecified atom stereocenters. The van der Waals surface area contributed by atoms with Crippen LogP contribution in [0.5, 0.6) is 0 Å². The predicted octanol–water partition coefficient (Wildman–Crippen LogP) is 7.92. The summed E-state index contributed by atoms with van der Waals surface area (Å²) in [6.45, 7) is 0. The van der Waals surface area contributed by atoms with Gasteiger partial charge in [-0.25, -0.2) is 0 Å². The zero-order valence-electron chi connectivity index (χ0n) is 6.43. The molecular weight excluding hydrogens is 1120 g/mol. The third kappa shape index (κ3) is 4.69. The lowest BCUT2D eigenvalue weighted by Crippen LogP contribution is -1.99. The molecule has 0 fully saturated rings. The zero-order chi connectivity index (χ0) is 12.0. The summed E-state index contributed by atoms with van der Waals surface area (Å²) in [5.41, 5.74) is 0. The third-order valence-electron chi connectivity index (χ3n) is 1.40. The lowest BCUT2D eigenvalue weighted by atomic mass is 10.4. The Morgan fingerprint density at radius 1 is 0.533 bits per heavy atom. The van der Waals surface area contributed by atoms with E-state index >= 15 is 0 Å². The van der Waals surface area contributed by atoms with Gasteiger partial charge in [-0.05, 0) is 114 Å². The number of halogens is 8. The molecule has 0 saturated heterocycles. The average Bonchev–Trinajstić information content (AvgIpc) is 2.09. The fourth-order valence-electron chi connectivity index (χ4n) is 0.788. The minimum absolute atomic E-state index is 0.744. The van der Waals surface area contributed by atoms with Crippen molar-refractivity contribution in [1.82, 2.24) is 0 Å². The van der Waals surface area contributed by atoms with Crippen molar-refractivity contribution in [2.75, 3.05) is 0 Å². The monoisotopic (exact) mass is 1120 g/mol.